The second-order valence-corrected chi connectivity index (χ2v) is 7.56. The van der Waals surface area contributed by atoms with Gasteiger partial charge in [0, 0.05) is 0 Å². The second kappa shape index (κ2) is 7.15. The third-order valence-electron chi connectivity index (χ3n) is 4.12. The molecule has 3 rings (SSSR count). The fourth-order valence-electron chi connectivity index (χ4n) is 2.82. The minimum atomic E-state index is -4.44. The third kappa shape index (κ3) is 4.26. The van der Waals surface area contributed by atoms with E-state index >= 15 is 0 Å². The van der Waals surface area contributed by atoms with Gasteiger partial charge in [-0.1, -0.05) is 17.2 Å². The number of hydrogen-bond donors (Lipinski definition) is 0. The molecule has 27 heavy (non-hydrogen) atoms. The van der Waals surface area contributed by atoms with E-state index in [1.54, 1.807) is 18.9 Å². The zero-order chi connectivity index (χ0) is 19.8. The molecule has 0 spiro atoms. The molecule has 1 aromatic heterocycles. The first-order valence-corrected chi connectivity index (χ1v) is 8.83. The molecule has 146 valence electrons. The van der Waals surface area contributed by atoms with Crippen molar-refractivity contribution in [1.82, 2.24) is 19.7 Å². The Morgan fingerprint density at radius 3 is 2.59 bits per heavy atom. The Bertz CT molecular complexity index is 827. The lowest BCUT2D eigenvalue weighted by Crippen LogP contribution is -2.51. The first kappa shape index (κ1) is 19.7. The van der Waals surface area contributed by atoms with E-state index in [-0.39, 0.29) is 24.8 Å². The molecule has 2 unspecified atom stereocenters. The van der Waals surface area contributed by atoms with Gasteiger partial charge in [-0.05, 0) is 43.0 Å². The number of halogens is 3. The van der Waals surface area contributed by atoms with Crippen molar-refractivity contribution in [3.05, 3.63) is 45.6 Å². The van der Waals surface area contributed by atoms with Gasteiger partial charge in [0.25, 0.3) is 6.23 Å². The van der Waals surface area contributed by atoms with Crippen LogP contribution in [-0.4, -0.2) is 47.6 Å². The molecule has 2 atom stereocenters. The van der Waals surface area contributed by atoms with Crippen molar-refractivity contribution in [2.45, 2.75) is 25.7 Å². The SMILES string of the molecule is Cc1nnc([N+]2([O-])CN(C)CC2OC(=O)Cc2ccc(C(F)(F)F)cc2)s1. The van der Waals surface area contributed by atoms with Gasteiger partial charge < -0.3 is 9.94 Å². The summed E-state index contributed by atoms with van der Waals surface area (Å²) >= 11 is 1.14. The standard InChI is InChI=1S/C16H17F3N4O3S/c1-10-20-21-15(27-10)23(25)9-22(2)8-13(23)26-14(24)7-11-3-5-12(6-4-11)16(17,18)19/h3-6,13H,7-9H2,1-2H3. The predicted molar refractivity (Wildman–Crippen MR) is 92.3 cm³/mol. The highest BCUT2D eigenvalue weighted by Crippen LogP contribution is 2.34. The fraction of sp³-hybridized carbons (Fsp3) is 0.438. The molecule has 1 aromatic carbocycles. The van der Waals surface area contributed by atoms with Crippen molar-refractivity contribution in [2.24, 2.45) is 0 Å². The average molecular weight is 402 g/mol. The molecule has 1 aliphatic rings. The van der Waals surface area contributed by atoms with Gasteiger partial charge in [-0.3, -0.25) is 9.44 Å². The van der Waals surface area contributed by atoms with E-state index in [2.05, 4.69) is 10.2 Å². The molecule has 0 amide bonds. The van der Waals surface area contributed by atoms with Gasteiger partial charge in [0.2, 0.25) is 0 Å². The zero-order valence-electron chi connectivity index (χ0n) is 14.6. The van der Waals surface area contributed by atoms with Crippen LogP contribution in [0.15, 0.2) is 24.3 Å². The number of likely N-dealkylation sites (N-methyl/N-ethyl adjacent to an activating group) is 1. The number of rotatable bonds is 4. The predicted octanol–water partition coefficient (Wildman–Crippen LogP) is 2.69. The van der Waals surface area contributed by atoms with E-state index in [1.165, 1.54) is 12.1 Å². The van der Waals surface area contributed by atoms with Crippen LogP contribution in [0.25, 0.3) is 0 Å². The van der Waals surface area contributed by atoms with E-state index in [4.69, 9.17) is 4.74 Å². The van der Waals surface area contributed by atoms with Gasteiger partial charge in [-0.25, -0.2) is 4.90 Å². The maximum Gasteiger partial charge on any atom is 0.416 e. The first-order chi connectivity index (χ1) is 12.6. The maximum absolute atomic E-state index is 13.2. The fourth-order valence-corrected chi connectivity index (χ4v) is 3.58. The summed E-state index contributed by atoms with van der Waals surface area (Å²) in [5.41, 5.74) is -0.422. The third-order valence-corrected chi connectivity index (χ3v) is 5.07. The van der Waals surface area contributed by atoms with Crippen LogP contribution < -0.4 is 4.65 Å². The molecule has 1 saturated heterocycles. The monoisotopic (exact) mass is 402 g/mol. The molecule has 1 aliphatic heterocycles. The van der Waals surface area contributed by atoms with Crippen molar-refractivity contribution >= 4 is 22.4 Å². The lowest BCUT2D eigenvalue weighted by Gasteiger charge is -2.38. The van der Waals surface area contributed by atoms with Crippen molar-refractivity contribution in [3.63, 3.8) is 0 Å². The molecule has 11 heteroatoms. The number of nitrogens with zero attached hydrogens (tertiary/aromatic N) is 4. The summed E-state index contributed by atoms with van der Waals surface area (Å²) in [6, 6.07) is 4.25. The van der Waals surface area contributed by atoms with E-state index < -0.39 is 28.6 Å². The number of carbonyl (C=O) groups is 1. The Morgan fingerprint density at radius 2 is 2.04 bits per heavy atom. The van der Waals surface area contributed by atoms with Crippen LogP contribution >= 0.6 is 11.3 Å². The van der Waals surface area contributed by atoms with Crippen LogP contribution in [0.5, 0.6) is 0 Å². The van der Waals surface area contributed by atoms with Crippen molar-refractivity contribution in [1.29, 1.82) is 0 Å². The summed E-state index contributed by atoms with van der Waals surface area (Å²) in [5, 5.41) is 21.8. The van der Waals surface area contributed by atoms with Crippen LogP contribution in [0.3, 0.4) is 0 Å². The molecule has 0 saturated carbocycles. The van der Waals surface area contributed by atoms with Crippen LogP contribution in [-0.2, 0) is 22.1 Å². The normalized spacial score (nSPS) is 23.6. The minimum Gasteiger partial charge on any atom is -0.622 e. The zero-order valence-corrected chi connectivity index (χ0v) is 15.4. The topological polar surface area (TPSA) is 78.4 Å². The molecule has 0 aliphatic carbocycles. The molecular formula is C16H17F3N4O3S. The Hall–Kier alpha value is -2.08. The number of esters is 1. The van der Waals surface area contributed by atoms with Gasteiger partial charge in [0.15, 0.2) is 0 Å². The van der Waals surface area contributed by atoms with Gasteiger partial charge >= 0.3 is 17.3 Å². The number of alkyl halides is 3. The minimum absolute atomic E-state index is 0.0624. The van der Waals surface area contributed by atoms with E-state index in [9.17, 15) is 23.2 Å². The maximum atomic E-state index is 13.2. The van der Waals surface area contributed by atoms with E-state index in [0.29, 0.717) is 10.6 Å². The molecule has 2 heterocycles. The summed E-state index contributed by atoms with van der Waals surface area (Å²) in [6.45, 7) is 2.01. The lowest BCUT2D eigenvalue weighted by molar-refractivity contribution is -0.152. The quantitative estimate of drug-likeness (QED) is 0.445. The molecule has 0 radical (unpaired) electrons. The van der Waals surface area contributed by atoms with Crippen LogP contribution in [0.2, 0.25) is 0 Å². The van der Waals surface area contributed by atoms with Crippen LogP contribution in [0.4, 0.5) is 18.3 Å². The van der Waals surface area contributed by atoms with E-state index in [1.807, 2.05) is 0 Å². The lowest BCUT2D eigenvalue weighted by atomic mass is 10.1. The molecule has 7 nitrogen and oxygen atoms in total. The number of ether oxygens (including phenoxy) is 1. The second-order valence-electron chi connectivity index (χ2n) is 6.40. The molecular weight excluding hydrogens is 385 g/mol. The average Bonchev–Trinajstić information content (AvgIpc) is 3.11. The van der Waals surface area contributed by atoms with Crippen molar-refractivity contribution in [2.75, 3.05) is 20.3 Å². The first-order valence-electron chi connectivity index (χ1n) is 8.01. The number of hydrogen-bond acceptors (Lipinski definition) is 7. The van der Waals surface area contributed by atoms with Gasteiger partial charge in [0.05, 0.1) is 18.5 Å². The number of carbonyl (C=O) groups excluding carboxylic acids is 1. The highest BCUT2D eigenvalue weighted by molar-refractivity contribution is 7.15. The highest BCUT2D eigenvalue weighted by atomic mass is 32.1. The highest BCUT2D eigenvalue weighted by Gasteiger charge is 2.45. The van der Waals surface area contributed by atoms with Gasteiger partial charge in [-0.2, -0.15) is 13.2 Å². The van der Waals surface area contributed by atoms with Crippen LogP contribution in [0, 0.1) is 12.1 Å². The number of benzene rings is 1. The summed E-state index contributed by atoms with van der Waals surface area (Å²) in [4.78, 5) is 14.0. The molecule has 0 N–H and O–H groups in total. The summed E-state index contributed by atoms with van der Waals surface area (Å²) in [5.74, 6) is -0.686. The summed E-state index contributed by atoms with van der Waals surface area (Å²) in [7, 11) is 1.72. The molecule has 2 aromatic rings. The summed E-state index contributed by atoms with van der Waals surface area (Å²) < 4.78 is 42.2. The molecule has 0 bridgehead atoms. The van der Waals surface area contributed by atoms with Crippen LogP contribution in [0.1, 0.15) is 16.1 Å². The number of hydroxylamine groups is 2. The largest absolute Gasteiger partial charge is 0.622 e. The van der Waals surface area contributed by atoms with Gasteiger partial charge in [0.1, 0.15) is 11.7 Å². The molecule has 1 fully saturated rings. The Balaban J connectivity index is 1.69. The Labute approximate surface area is 157 Å². The van der Waals surface area contributed by atoms with Crippen molar-refractivity contribution in [3.8, 4) is 0 Å². The smallest absolute Gasteiger partial charge is 0.416 e. The Kier molecular flexibility index (Phi) is 5.21. The van der Waals surface area contributed by atoms with Gasteiger partial charge in [-0.15, -0.1) is 5.10 Å². The van der Waals surface area contributed by atoms with E-state index in [0.717, 1.165) is 23.5 Å². The van der Waals surface area contributed by atoms with Crippen molar-refractivity contribution < 1.29 is 22.7 Å². The summed E-state index contributed by atoms with van der Waals surface area (Å²) in [6.07, 6.45) is -5.68. The number of aryl methyl sites for hydroxylation is 1. The number of quaternary nitrogens is 1. The number of aromatic nitrogens is 2. The Morgan fingerprint density at radius 1 is 1.37 bits per heavy atom.